The molecule has 0 aromatic carbocycles. The van der Waals surface area contributed by atoms with Crippen LogP contribution in [0.2, 0.25) is 0 Å². The summed E-state index contributed by atoms with van der Waals surface area (Å²) in [5.74, 6) is 0.104. The molecule has 1 heterocycles. The number of rotatable bonds is 2. The van der Waals surface area contributed by atoms with Crippen molar-refractivity contribution in [1.29, 1.82) is 0 Å². The van der Waals surface area contributed by atoms with Crippen molar-refractivity contribution >= 4 is 15.9 Å². The van der Waals surface area contributed by atoms with Crippen molar-refractivity contribution < 1.29 is 13.5 Å². The van der Waals surface area contributed by atoms with Crippen LogP contribution in [0, 0.1) is 6.92 Å². The Morgan fingerprint density at radius 1 is 1.54 bits per heavy atom. The molecule has 1 rings (SSSR count). The first-order valence-electron chi connectivity index (χ1n) is 3.55. The van der Waals surface area contributed by atoms with Crippen LogP contribution in [0.4, 0.5) is 8.78 Å². The lowest BCUT2D eigenvalue weighted by Gasteiger charge is -2.08. The van der Waals surface area contributed by atoms with Crippen molar-refractivity contribution in [2.45, 2.75) is 13.3 Å². The van der Waals surface area contributed by atoms with Gasteiger partial charge in [-0.15, -0.1) is 0 Å². The number of pyridine rings is 1. The fraction of sp³-hybridized carbons (Fsp3) is 0.375. The van der Waals surface area contributed by atoms with Gasteiger partial charge in [0.15, 0.2) is 0 Å². The van der Waals surface area contributed by atoms with Gasteiger partial charge in [-0.25, -0.2) is 13.8 Å². The molecule has 5 heteroatoms. The molecule has 0 radical (unpaired) electrons. The normalized spacial score (nSPS) is 10.6. The zero-order chi connectivity index (χ0) is 10.0. The fourth-order valence-corrected chi connectivity index (χ4v) is 1.20. The number of alkyl halides is 2. The van der Waals surface area contributed by atoms with Crippen LogP contribution in [0.15, 0.2) is 10.5 Å². The van der Waals surface area contributed by atoms with Gasteiger partial charge >= 0.3 is 0 Å². The zero-order valence-electron chi connectivity index (χ0n) is 7.14. The minimum absolute atomic E-state index is 0.104. The predicted molar refractivity (Wildman–Crippen MR) is 48.2 cm³/mol. The summed E-state index contributed by atoms with van der Waals surface area (Å²) in [6.07, 6.45) is -2.61. The van der Waals surface area contributed by atoms with E-state index >= 15 is 0 Å². The van der Waals surface area contributed by atoms with Crippen LogP contribution in [-0.2, 0) is 0 Å². The molecule has 0 atom stereocenters. The van der Waals surface area contributed by atoms with Crippen LogP contribution >= 0.6 is 15.9 Å². The van der Waals surface area contributed by atoms with Gasteiger partial charge in [0.25, 0.3) is 6.43 Å². The smallest absolute Gasteiger partial charge is 0.284 e. The molecular weight excluding hydrogens is 244 g/mol. The van der Waals surface area contributed by atoms with Crippen molar-refractivity contribution in [2.24, 2.45) is 0 Å². The van der Waals surface area contributed by atoms with Gasteiger partial charge in [-0.2, -0.15) is 0 Å². The second-order valence-electron chi connectivity index (χ2n) is 2.44. The third-order valence-electron chi connectivity index (χ3n) is 1.57. The highest BCUT2D eigenvalue weighted by molar-refractivity contribution is 9.10. The summed E-state index contributed by atoms with van der Waals surface area (Å²) >= 11 is 3.18. The third-order valence-corrected chi connectivity index (χ3v) is 2.37. The molecule has 0 amide bonds. The van der Waals surface area contributed by atoms with Gasteiger partial charge in [0.1, 0.15) is 11.4 Å². The Labute approximate surface area is 83.1 Å². The first-order valence-corrected chi connectivity index (χ1v) is 4.34. The Bertz CT molecular complexity index is 317. The summed E-state index contributed by atoms with van der Waals surface area (Å²) in [6.45, 7) is 1.65. The summed E-state index contributed by atoms with van der Waals surface area (Å²) in [7, 11) is 1.34. The number of ether oxygens (including phenoxy) is 1. The summed E-state index contributed by atoms with van der Waals surface area (Å²) in [5, 5.41) is 0. The largest absolute Gasteiger partial charge is 0.495 e. The Kier molecular flexibility index (Phi) is 3.19. The molecule has 72 valence electrons. The van der Waals surface area contributed by atoms with Crippen LogP contribution in [0.25, 0.3) is 0 Å². The lowest BCUT2D eigenvalue weighted by molar-refractivity contribution is 0.141. The number of aromatic nitrogens is 1. The highest BCUT2D eigenvalue weighted by Crippen LogP contribution is 2.30. The van der Waals surface area contributed by atoms with Crippen LogP contribution < -0.4 is 4.74 Å². The fourth-order valence-electron chi connectivity index (χ4n) is 0.902. The van der Waals surface area contributed by atoms with E-state index in [2.05, 4.69) is 20.9 Å². The standard InChI is InChI=1S/C8H8BrF2NO/c1-4-5(9)3-6(13-2)7(12-4)8(10)11/h3,8H,1-2H3. The van der Waals surface area contributed by atoms with Crippen LogP contribution in [-0.4, -0.2) is 12.1 Å². The first kappa shape index (κ1) is 10.4. The van der Waals surface area contributed by atoms with E-state index in [1.54, 1.807) is 6.92 Å². The molecule has 0 spiro atoms. The molecule has 0 bridgehead atoms. The predicted octanol–water partition coefficient (Wildman–Crippen LogP) is 3.10. The highest BCUT2D eigenvalue weighted by Gasteiger charge is 2.17. The van der Waals surface area contributed by atoms with E-state index in [4.69, 9.17) is 4.74 Å². The highest BCUT2D eigenvalue weighted by atomic mass is 79.9. The quantitative estimate of drug-likeness (QED) is 0.806. The van der Waals surface area contributed by atoms with Crippen molar-refractivity contribution in [1.82, 2.24) is 4.98 Å². The van der Waals surface area contributed by atoms with Gasteiger partial charge in [-0.1, -0.05) is 0 Å². The number of methoxy groups -OCH3 is 1. The molecule has 0 aliphatic carbocycles. The van der Waals surface area contributed by atoms with E-state index in [9.17, 15) is 8.78 Å². The molecule has 2 nitrogen and oxygen atoms in total. The van der Waals surface area contributed by atoms with Gasteiger partial charge in [-0.05, 0) is 28.9 Å². The number of halogens is 3. The topological polar surface area (TPSA) is 22.1 Å². The number of nitrogens with zero attached hydrogens (tertiary/aromatic N) is 1. The molecule has 0 unspecified atom stereocenters. The van der Waals surface area contributed by atoms with Crippen molar-refractivity contribution in [3.8, 4) is 5.75 Å². The first-order chi connectivity index (χ1) is 6.06. The second kappa shape index (κ2) is 4.00. The zero-order valence-corrected chi connectivity index (χ0v) is 8.73. The Morgan fingerprint density at radius 3 is 2.62 bits per heavy atom. The average Bonchev–Trinajstić information content (AvgIpc) is 2.08. The van der Waals surface area contributed by atoms with Gasteiger partial charge < -0.3 is 4.74 Å². The van der Waals surface area contributed by atoms with Gasteiger partial charge in [0.05, 0.1) is 12.8 Å². The summed E-state index contributed by atoms with van der Waals surface area (Å²) in [6, 6.07) is 1.49. The minimum atomic E-state index is -2.61. The van der Waals surface area contributed by atoms with E-state index in [0.717, 1.165) is 0 Å². The maximum Gasteiger partial charge on any atom is 0.284 e. The molecule has 0 aliphatic heterocycles. The van der Waals surface area contributed by atoms with Crippen LogP contribution in [0.1, 0.15) is 17.8 Å². The summed E-state index contributed by atoms with van der Waals surface area (Å²) in [4.78, 5) is 3.72. The molecule has 13 heavy (non-hydrogen) atoms. The lowest BCUT2D eigenvalue weighted by Crippen LogP contribution is -1.98. The monoisotopic (exact) mass is 251 g/mol. The Balaban J connectivity index is 3.25. The maximum atomic E-state index is 12.4. The molecule has 1 aromatic rings. The molecule has 0 saturated carbocycles. The SMILES string of the molecule is COc1cc(Br)c(C)nc1C(F)F. The number of hydrogen-bond acceptors (Lipinski definition) is 2. The van der Waals surface area contributed by atoms with Crippen molar-refractivity contribution in [2.75, 3.05) is 7.11 Å². The molecular formula is C8H8BrF2NO. The van der Waals surface area contributed by atoms with E-state index in [1.807, 2.05) is 0 Å². The number of hydrogen-bond donors (Lipinski definition) is 0. The van der Waals surface area contributed by atoms with Crippen molar-refractivity contribution in [3.63, 3.8) is 0 Å². The Morgan fingerprint density at radius 2 is 2.15 bits per heavy atom. The Hall–Kier alpha value is -0.710. The lowest BCUT2D eigenvalue weighted by atomic mass is 10.3. The molecule has 0 fully saturated rings. The van der Waals surface area contributed by atoms with E-state index in [1.165, 1.54) is 13.2 Å². The summed E-state index contributed by atoms with van der Waals surface area (Å²) in [5.41, 5.74) is 0.208. The van der Waals surface area contributed by atoms with E-state index in [0.29, 0.717) is 10.2 Å². The second-order valence-corrected chi connectivity index (χ2v) is 3.30. The van der Waals surface area contributed by atoms with Gasteiger partial charge in [-0.3, -0.25) is 0 Å². The molecule has 1 aromatic heterocycles. The maximum absolute atomic E-state index is 12.4. The number of aryl methyl sites for hydroxylation is 1. The van der Waals surface area contributed by atoms with Crippen LogP contribution in [0.3, 0.4) is 0 Å². The van der Waals surface area contributed by atoms with Crippen molar-refractivity contribution in [3.05, 3.63) is 21.9 Å². The molecule has 0 N–H and O–H groups in total. The van der Waals surface area contributed by atoms with Gasteiger partial charge in [0, 0.05) is 4.47 Å². The average molecular weight is 252 g/mol. The van der Waals surface area contributed by atoms with Crippen LogP contribution in [0.5, 0.6) is 5.75 Å². The van der Waals surface area contributed by atoms with Gasteiger partial charge in [0.2, 0.25) is 0 Å². The molecule has 0 saturated heterocycles. The van der Waals surface area contributed by atoms with E-state index in [-0.39, 0.29) is 11.4 Å². The summed E-state index contributed by atoms with van der Waals surface area (Å²) < 4.78 is 30.2. The minimum Gasteiger partial charge on any atom is -0.495 e. The third kappa shape index (κ3) is 2.15. The molecule has 0 aliphatic rings. The van der Waals surface area contributed by atoms with E-state index < -0.39 is 6.43 Å².